The third-order valence-electron chi connectivity index (χ3n) is 1.97. The molecule has 62 valence electrons. The smallest absolute Gasteiger partial charge is 0.158 e. The minimum absolute atomic E-state index is 0.826. The number of fused-ring (bicyclic) bond motifs is 1. The summed E-state index contributed by atoms with van der Waals surface area (Å²) in [7, 11) is 0. The number of pyridine rings is 1. The van der Waals surface area contributed by atoms with Gasteiger partial charge in [0.05, 0.1) is 0 Å². The van der Waals surface area contributed by atoms with Crippen LogP contribution in [0.4, 0.5) is 0 Å². The van der Waals surface area contributed by atoms with Gasteiger partial charge in [0, 0.05) is 5.69 Å². The van der Waals surface area contributed by atoms with E-state index in [1.54, 1.807) is 0 Å². The highest BCUT2D eigenvalue weighted by Crippen LogP contribution is 2.09. The third-order valence-corrected chi connectivity index (χ3v) is 1.97. The maximum absolute atomic E-state index is 4.33. The monoisotopic (exact) mass is 161 g/mol. The summed E-state index contributed by atoms with van der Waals surface area (Å²) in [5, 5.41) is 4.28. The van der Waals surface area contributed by atoms with Gasteiger partial charge >= 0.3 is 0 Å². The topological polar surface area (TPSA) is 30.2 Å². The van der Waals surface area contributed by atoms with Crippen molar-refractivity contribution in [1.82, 2.24) is 14.6 Å². The first-order valence-electron chi connectivity index (χ1n) is 3.98. The molecule has 0 bridgehead atoms. The summed E-state index contributed by atoms with van der Waals surface area (Å²) in [6.07, 6.45) is 0. The van der Waals surface area contributed by atoms with Crippen LogP contribution in [0.5, 0.6) is 0 Å². The zero-order valence-electron chi connectivity index (χ0n) is 7.50. The van der Waals surface area contributed by atoms with E-state index in [4.69, 9.17) is 0 Å². The second kappa shape index (κ2) is 2.30. The van der Waals surface area contributed by atoms with Gasteiger partial charge in [-0.3, -0.25) is 0 Å². The van der Waals surface area contributed by atoms with Gasteiger partial charge in [-0.1, -0.05) is 6.07 Å². The van der Waals surface area contributed by atoms with Crippen molar-refractivity contribution < 1.29 is 0 Å². The lowest BCUT2D eigenvalue weighted by atomic mass is 10.3. The zero-order chi connectivity index (χ0) is 8.72. The normalized spacial score (nSPS) is 10.9. The van der Waals surface area contributed by atoms with E-state index in [1.165, 1.54) is 5.56 Å². The minimum atomic E-state index is 0.826. The maximum atomic E-state index is 4.33. The van der Waals surface area contributed by atoms with E-state index >= 15 is 0 Å². The fourth-order valence-corrected chi connectivity index (χ4v) is 1.31. The van der Waals surface area contributed by atoms with E-state index in [1.807, 2.05) is 25.3 Å². The number of hydrogen-bond acceptors (Lipinski definition) is 2. The third kappa shape index (κ3) is 0.897. The van der Waals surface area contributed by atoms with Crippen LogP contribution in [0.1, 0.15) is 17.1 Å². The summed E-state index contributed by atoms with van der Waals surface area (Å²) < 4.78 is 1.88. The maximum Gasteiger partial charge on any atom is 0.158 e. The molecule has 0 amide bonds. The zero-order valence-corrected chi connectivity index (χ0v) is 7.50. The second-order valence-electron chi connectivity index (χ2n) is 3.05. The van der Waals surface area contributed by atoms with Gasteiger partial charge in [0.15, 0.2) is 5.65 Å². The van der Waals surface area contributed by atoms with Gasteiger partial charge in [-0.25, -0.2) is 9.50 Å². The predicted molar refractivity (Wildman–Crippen MR) is 47.2 cm³/mol. The number of aryl methyl sites for hydroxylation is 3. The lowest BCUT2D eigenvalue weighted by Crippen LogP contribution is -1.94. The van der Waals surface area contributed by atoms with Crippen LogP contribution in [0, 0.1) is 20.8 Å². The molecule has 3 nitrogen and oxygen atoms in total. The molecule has 3 heteroatoms. The first-order chi connectivity index (χ1) is 5.68. The van der Waals surface area contributed by atoms with Gasteiger partial charge in [0.2, 0.25) is 0 Å². The molecule has 0 atom stereocenters. The van der Waals surface area contributed by atoms with Crippen molar-refractivity contribution in [2.45, 2.75) is 20.8 Å². The Kier molecular flexibility index (Phi) is 1.40. The molecule has 12 heavy (non-hydrogen) atoms. The first kappa shape index (κ1) is 7.28. The summed E-state index contributed by atoms with van der Waals surface area (Å²) in [6.45, 7) is 5.98. The van der Waals surface area contributed by atoms with Crippen LogP contribution in [0.25, 0.3) is 5.65 Å². The Morgan fingerprint density at radius 3 is 2.58 bits per heavy atom. The van der Waals surface area contributed by atoms with Gasteiger partial charge in [-0.2, -0.15) is 5.10 Å². The van der Waals surface area contributed by atoms with Gasteiger partial charge in [0.25, 0.3) is 0 Å². The Morgan fingerprint density at radius 1 is 1.17 bits per heavy atom. The molecule has 0 aromatic carbocycles. The van der Waals surface area contributed by atoms with E-state index in [0.29, 0.717) is 0 Å². The van der Waals surface area contributed by atoms with Crippen LogP contribution in [-0.4, -0.2) is 14.6 Å². The van der Waals surface area contributed by atoms with Crippen LogP contribution in [-0.2, 0) is 0 Å². The first-order valence-corrected chi connectivity index (χ1v) is 3.98. The fraction of sp³-hybridized carbons (Fsp3) is 0.333. The number of aromatic nitrogens is 3. The van der Waals surface area contributed by atoms with Crippen LogP contribution in [0.3, 0.4) is 0 Å². The van der Waals surface area contributed by atoms with E-state index in [2.05, 4.69) is 22.2 Å². The minimum Gasteiger partial charge on any atom is -0.218 e. The molecule has 0 spiro atoms. The van der Waals surface area contributed by atoms with Crippen molar-refractivity contribution >= 4 is 5.65 Å². The van der Waals surface area contributed by atoms with Crippen molar-refractivity contribution in [3.63, 3.8) is 0 Å². The van der Waals surface area contributed by atoms with Crippen molar-refractivity contribution in [3.8, 4) is 0 Å². The highest BCUT2D eigenvalue weighted by atomic mass is 15.3. The Morgan fingerprint density at radius 2 is 1.92 bits per heavy atom. The summed E-state index contributed by atoms with van der Waals surface area (Å²) in [5.41, 5.74) is 3.25. The van der Waals surface area contributed by atoms with E-state index < -0.39 is 0 Å². The molecule has 0 saturated carbocycles. The molecule has 2 heterocycles. The number of nitrogens with zero attached hydrogens (tertiary/aromatic N) is 3. The molecule has 2 aromatic rings. The summed E-state index contributed by atoms with van der Waals surface area (Å²) >= 11 is 0. The predicted octanol–water partition coefficient (Wildman–Crippen LogP) is 1.65. The van der Waals surface area contributed by atoms with Crippen LogP contribution in [0.2, 0.25) is 0 Å². The van der Waals surface area contributed by atoms with Crippen LogP contribution >= 0.6 is 0 Å². The second-order valence-corrected chi connectivity index (χ2v) is 3.05. The molecule has 0 aliphatic heterocycles. The average Bonchev–Trinajstić information content (AvgIpc) is 2.41. The standard InChI is InChI=1S/C9H11N3/c1-6-4-5-7(2)12-9(6)10-8(3)11-12/h4-5H,1-3H3. The number of rotatable bonds is 0. The van der Waals surface area contributed by atoms with Crippen molar-refractivity contribution in [3.05, 3.63) is 29.2 Å². The lowest BCUT2D eigenvalue weighted by Gasteiger charge is -1.98. The SMILES string of the molecule is Cc1nc2c(C)ccc(C)n2n1. The summed E-state index contributed by atoms with van der Waals surface area (Å²) in [6, 6.07) is 4.12. The van der Waals surface area contributed by atoms with Crippen molar-refractivity contribution in [1.29, 1.82) is 0 Å². The lowest BCUT2D eigenvalue weighted by molar-refractivity contribution is 0.889. The Bertz CT molecular complexity index is 390. The van der Waals surface area contributed by atoms with E-state index in [9.17, 15) is 0 Å². The fourth-order valence-electron chi connectivity index (χ4n) is 1.31. The van der Waals surface area contributed by atoms with Gasteiger partial charge in [0.1, 0.15) is 5.82 Å². The Balaban J connectivity index is 2.93. The molecule has 2 rings (SSSR count). The quantitative estimate of drug-likeness (QED) is 0.588. The van der Waals surface area contributed by atoms with E-state index in [0.717, 1.165) is 17.2 Å². The molecule has 0 aliphatic rings. The molecule has 0 aliphatic carbocycles. The molecule has 0 N–H and O–H groups in total. The summed E-state index contributed by atoms with van der Waals surface area (Å²) in [5.74, 6) is 0.826. The highest BCUT2D eigenvalue weighted by molar-refractivity contribution is 5.47. The molecular formula is C9H11N3. The van der Waals surface area contributed by atoms with Crippen LogP contribution < -0.4 is 0 Å². The molecular weight excluding hydrogens is 150 g/mol. The Hall–Kier alpha value is -1.38. The highest BCUT2D eigenvalue weighted by Gasteiger charge is 2.03. The van der Waals surface area contributed by atoms with Gasteiger partial charge in [-0.05, 0) is 32.4 Å². The number of hydrogen-bond donors (Lipinski definition) is 0. The molecule has 0 fully saturated rings. The molecule has 0 saturated heterocycles. The molecule has 2 aromatic heterocycles. The van der Waals surface area contributed by atoms with Crippen molar-refractivity contribution in [2.24, 2.45) is 0 Å². The molecule has 0 radical (unpaired) electrons. The van der Waals surface area contributed by atoms with Crippen LogP contribution in [0.15, 0.2) is 12.1 Å². The summed E-state index contributed by atoms with van der Waals surface area (Å²) in [4.78, 5) is 4.33. The van der Waals surface area contributed by atoms with Crippen molar-refractivity contribution in [2.75, 3.05) is 0 Å². The largest absolute Gasteiger partial charge is 0.218 e. The molecule has 0 unspecified atom stereocenters. The Labute approximate surface area is 71.1 Å². The average molecular weight is 161 g/mol. The van der Waals surface area contributed by atoms with Gasteiger partial charge < -0.3 is 0 Å². The van der Waals surface area contributed by atoms with Gasteiger partial charge in [-0.15, -0.1) is 0 Å². The van der Waals surface area contributed by atoms with E-state index in [-0.39, 0.29) is 0 Å².